The molecule has 112 valence electrons. The average Bonchev–Trinajstić information content (AvgIpc) is 3.15. The highest BCUT2D eigenvalue weighted by Gasteiger charge is 2.25. The first-order chi connectivity index (χ1) is 9.32. The van der Waals surface area contributed by atoms with Crippen LogP contribution in [0.1, 0.15) is 26.2 Å². The lowest BCUT2D eigenvalue weighted by atomic mass is 10.1. The van der Waals surface area contributed by atoms with Crippen LogP contribution in [0, 0.1) is 5.92 Å². The molecule has 2 rings (SSSR count). The monoisotopic (exact) mass is 297 g/mol. The van der Waals surface area contributed by atoms with Crippen molar-refractivity contribution in [2.45, 2.75) is 37.1 Å². The van der Waals surface area contributed by atoms with Gasteiger partial charge in [0.1, 0.15) is 4.90 Å². The molecule has 0 bridgehead atoms. The van der Waals surface area contributed by atoms with Gasteiger partial charge in [-0.2, -0.15) is 0 Å². The summed E-state index contributed by atoms with van der Waals surface area (Å²) in [4.78, 5) is 0.158. The molecular formula is C14H23N3O2S. The number of nitrogens with zero attached hydrogens (tertiary/aromatic N) is 1. The lowest BCUT2D eigenvalue weighted by Crippen LogP contribution is -2.24. The SMILES string of the molecule is CC(CC1CC1)Nc1cccc(S(=O)(=O)N(C)C)c1N. The molecule has 1 aromatic rings. The number of nitrogens with two attached hydrogens (primary N) is 1. The van der Waals surface area contributed by atoms with Crippen molar-refractivity contribution < 1.29 is 8.42 Å². The highest BCUT2D eigenvalue weighted by atomic mass is 32.2. The molecule has 1 fully saturated rings. The van der Waals surface area contributed by atoms with E-state index in [0.717, 1.165) is 12.3 Å². The van der Waals surface area contributed by atoms with Gasteiger partial charge in [-0.3, -0.25) is 0 Å². The number of para-hydroxylation sites is 1. The van der Waals surface area contributed by atoms with Crippen LogP contribution in [-0.4, -0.2) is 32.9 Å². The molecule has 20 heavy (non-hydrogen) atoms. The summed E-state index contributed by atoms with van der Waals surface area (Å²) in [6.45, 7) is 2.10. The number of hydrogen-bond acceptors (Lipinski definition) is 4. The van der Waals surface area contributed by atoms with Crippen molar-refractivity contribution >= 4 is 21.4 Å². The molecule has 0 amide bonds. The first-order valence-electron chi connectivity index (χ1n) is 6.90. The van der Waals surface area contributed by atoms with Gasteiger partial charge in [-0.15, -0.1) is 0 Å². The molecule has 5 nitrogen and oxygen atoms in total. The third-order valence-electron chi connectivity index (χ3n) is 3.61. The number of nitrogens with one attached hydrogen (secondary N) is 1. The van der Waals surface area contributed by atoms with Crippen molar-refractivity contribution in [2.75, 3.05) is 25.1 Å². The van der Waals surface area contributed by atoms with Crippen LogP contribution in [0.15, 0.2) is 23.1 Å². The Bertz CT molecular complexity index is 580. The Labute approximate surface area is 121 Å². The van der Waals surface area contributed by atoms with Crippen LogP contribution < -0.4 is 11.1 Å². The first-order valence-corrected chi connectivity index (χ1v) is 8.34. The summed E-state index contributed by atoms with van der Waals surface area (Å²) in [6.07, 6.45) is 3.71. The summed E-state index contributed by atoms with van der Waals surface area (Å²) in [6, 6.07) is 5.38. The highest BCUT2D eigenvalue weighted by Crippen LogP contribution is 2.35. The van der Waals surface area contributed by atoms with Gasteiger partial charge in [0.15, 0.2) is 0 Å². The second kappa shape index (κ2) is 5.61. The van der Waals surface area contributed by atoms with E-state index in [-0.39, 0.29) is 4.90 Å². The molecule has 0 spiro atoms. The molecule has 1 aliphatic rings. The van der Waals surface area contributed by atoms with Gasteiger partial charge < -0.3 is 11.1 Å². The number of hydrogen-bond donors (Lipinski definition) is 2. The Hall–Kier alpha value is -1.27. The largest absolute Gasteiger partial charge is 0.396 e. The fraction of sp³-hybridized carbons (Fsp3) is 0.571. The van der Waals surface area contributed by atoms with Gasteiger partial charge in [0, 0.05) is 20.1 Å². The third-order valence-corrected chi connectivity index (χ3v) is 5.48. The molecule has 3 N–H and O–H groups in total. The number of nitrogen functional groups attached to an aromatic ring is 1. The zero-order valence-electron chi connectivity index (χ0n) is 12.3. The van der Waals surface area contributed by atoms with Crippen molar-refractivity contribution in [3.8, 4) is 0 Å². The van der Waals surface area contributed by atoms with Gasteiger partial charge in [0.2, 0.25) is 10.0 Å². The fourth-order valence-electron chi connectivity index (χ4n) is 2.27. The van der Waals surface area contributed by atoms with Gasteiger partial charge in [-0.1, -0.05) is 18.9 Å². The smallest absolute Gasteiger partial charge is 0.244 e. The van der Waals surface area contributed by atoms with E-state index < -0.39 is 10.0 Å². The van der Waals surface area contributed by atoms with Crippen LogP contribution in [0.4, 0.5) is 11.4 Å². The summed E-state index contributed by atoms with van der Waals surface area (Å²) in [5.74, 6) is 0.812. The highest BCUT2D eigenvalue weighted by molar-refractivity contribution is 7.89. The van der Waals surface area contributed by atoms with Crippen molar-refractivity contribution in [3.05, 3.63) is 18.2 Å². The topological polar surface area (TPSA) is 75.4 Å². The second-order valence-electron chi connectivity index (χ2n) is 5.73. The Kier molecular flexibility index (Phi) is 4.25. The number of benzene rings is 1. The maximum Gasteiger partial charge on any atom is 0.244 e. The van der Waals surface area contributed by atoms with Crippen molar-refractivity contribution in [3.63, 3.8) is 0 Å². The molecule has 0 heterocycles. The Morgan fingerprint density at radius 3 is 2.60 bits per heavy atom. The third kappa shape index (κ3) is 3.24. The van der Waals surface area contributed by atoms with E-state index in [1.807, 2.05) is 6.07 Å². The van der Waals surface area contributed by atoms with E-state index >= 15 is 0 Å². The number of sulfonamides is 1. The Balaban J connectivity index is 2.22. The van der Waals surface area contributed by atoms with Gasteiger partial charge in [-0.05, 0) is 31.4 Å². The van der Waals surface area contributed by atoms with E-state index in [0.29, 0.717) is 17.4 Å². The quantitative estimate of drug-likeness (QED) is 0.789. The summed E-state index contributed by atoms with van der Waals surface area (Å²) in [5.41, 5.74) is 7.02. The van der Waals surface area contributed by atoms with Crippen molar-refractivity contribution in [1.29, 1.82) is 0 Å². The summed E-state index contributed by atoms with van der Waals surface area (Å²) in [5, 5.41) is 3.32. The molecule has 0 aliphatic heterocycles. The van der Waals surface area contributed by atoms with E-state index in [9.17, 15) is 8.42 Å². The molecule has 1 atom stereocenters. The molecule has 1 unspecified atom stereocenters. The first kappa shape index (κ1) is 15.1. The predicted octanol–water partition coefficient (Wildman–Crippen LogP) is 2.12. The fourth-order valence-corrected chi connectivity index (χ4v) is 3.30. The maximum atomic E-state index is 12.2. The summed E-state index contributed by atoms with van der Waals surface area (Å²) in [7, 11) is -0.499. The van der Waals surface area contributed by atoms with Crippen molar-refractivity contribution in [1.82, 2.24) is 4.31 Å². The van der Waals surface area contributed by atoms with E-state index in [1.165, 1.54) is 31.2 Å². The van der Waals surface area contributed by atoms with E-state index in [2.05, 4.69) is 12.2 Å². The normalized spacial score (nSPS) is 17.2. The molecule has 0 saturated heterocycles. The molecule has 1 aliphatic carbocycles. The minimum absolute atomic E-state index is 0.158. The summed E-state index contributed by atoms with van der Waals surface area (Å²) >= 11 is 0. The lowest BCUT2D eigenvalue weighted by molar-refractivity contribution is 0.521. The van der Waals surface area contributed by atoms with Crippen LogP contribution in [0.3, 0.4) is 0 Å². The lowest BCUT2D eigenvalue weighted by Gasteiger charge is -2.19. The molecule has 6 heteroatoms. The van der Waals surface area contributed by atoms with Crippen LogP contribution in [0.5, 0.6) is 0 Å². The van der Waals surface area contributed by atoms with Crippen molar-refractivity contribution in [2.24, 2.45) is 5.92 Å². The molecule has 0 radical (unpaired) electrons. The molecule has 1 aromatic carbocycles. The number of anilines is 2. The average molecular weight is 297 g/mol. The van der Waals surface area contributed by atoms with Crippen LogP contribution >= 0.6 is 0 Å². The molecule has 0 aromatic heterocycles. The zero-order valence-corrected chi connectivity index (χ0v) is 13.1. The maximum absolute atomic E-state index is 12.2. The Morgan fingerprint density at radius 1 is 1.40 bits per heavy atom. The van der Waals surface area contributed by atoms with Crippen LogP contribution in [0.2, 0.25) is 0 Å². The van der Waals surface area contributed by atoms with Gasteiger partial charge in [0.25, 0.3) is 0 Å². The number of rotatable bonds is 6. The van der Waals surface area contributed by atoms with Crippen LogP contribution in [-0.2, 0) is 10.0 Å². The molecule has 1 saturated carbocycles. The van der Waals surface area contributed by atoms with Crippen LogP contribution in [0.25, 0.3) is 0 Å². The zero-order chi connectivity index (χ0) is 14.9. The van der Waals surface area contributed by atoms with E-state index in [1.54, 1.807) is 12.1 Å². The van der Waals surface area contributed by atoms with E-state index in [4.69, 9.17) is 5.73 Å². The predicted molar refractivity (Wildman–Crippen MR) is 82.2 cm³/mol. The van der Waals surface area contributed by atoms with Gasteiger partial charge >= 0.3 is 0 Å². The second-order valence-corrected chi connectivity index (χ2v) is 7.85. The van der Waals surface area contributed by atoms with Gasteiger partial charge in [0.05, 0.1) is 11.4 Å². The van der Waals surface area contributed by atoms with Gasteiger partial charge in [-0.25, -0.2) is 12.7 Å². The standard InChI is InChI=1S/C14H23N3O2S/c1-10(9-11-7-8-11)16-12-5-4-6-13(14(12)15)20(18,19)17(2)3/h4-6,10-11,16H,7-9,15H2,1-3H3. The Morgan fingerprint density at radius 2 is 2.05 bits per heavy atom. The molecular weight excluding hydrogens is 274 g/mol. The minimum Gasteiger partial charge on any atom is -0.396 e. The minimum atomic E-state index is -3.51. The summed E-state index contributed by atoms with van der Waals surface area (Å²) < 4.78 is 25.6.